The third-order valence-electron chi connectivity index (χ3n) is 3.77. The first-order chi connectivity index (χ1) is 13.0. The Kier molecular flexibility index (Phi) is 5.28. The van der Waals surface area contributed by atoms with Gasteiger partial charge in [-0.25, -0.2) is 4.79 Å². The van der Waals surface area contributed by atoms with Crippen molar-refractivity contribution in [3.05, 3.63) is 95.6 Å². The van der Waals surface area contributed by atoms with Crippen molar-refractivity contribution in [2.24, 2.45) is 0 Å². The van der Waals surface area contributed by atoms with Crippen LogP contribution in [0.25, 0.3) is 0 Å². The second-order valence-corrected chi connectivity index (χ2v) is 5.74. The van der Waals surface area contributed by atoms with Crippen LogP contribution < -0.4 is 10.6 Å². The van der Waals surface area contributed by atoms with Crippen molar-refractivity contribution >= 4 is 29.2 Å². The zero-order valence-electron chi connectivity index (χ0n) is 14.2. The monoisotopic (exact) mass is 360 g/mol. The van der Waals surface area contributed by atoms with Crippen molar-refractivity contribution in [3.63, 3.8) is 0 Å². The molecule has 0 heterocycles. The van der Waals surface area contributed by atoms with E-state index in [1.165, 1.54) is 18.2 Å². The topological polar surface area (TPSA) is 95.5 Å². The predicted molar refractivity (Wildman–Crippen MR) is 102 cm³/mol. The molecule has 0 aromatic heterocycles. The second kappa shape index (κ2) is 7.97. The molecule has 0 aliphatic heterocycles. The van der Waals surface area contributed by atoms with E-state index in [1.807, 2.05) is 0 Å². The Morgan fingerprint density at radius 3 is 1.37 bits per heavy atom. The Hall–Kier alpha value is -3.93. The van der Waals surface area contributed by atoms with Gasteiger partial charge in [0.05, 0.1) is 5.56 Å². The minimum atomic E-state index is -1.17. The number of anilines is 2. The van der Waals surface area contributed by atoms with Gasteiger partial charge in [0.15, 0.2) is 0 Å². The first kappa shape index (κ1) is 17.9. The maximum absolute atomic E-state index is 12.3. The van der Waals surface area contributed by atoms with Crippen molar-refractivity contribution in [1.29, 1.82) is 0 Å². The van der Waals surface area contributed by atoms with Crippen LogP contribution in [0.2, 0.25) is 0 Å². The standard InChI is InChI=1S/C21H16N2O4/c24-19(14-7-3-1-4-8-14)22-17-11-16(21(26)27)12-18(13-17)23-20(25)15-9-5-2-6-10-15/h1-13H,(H,22,24)(H,23,25)(H,26,27). The summed E-state index contributed by atoms with van der Waals surface area (Å²) in [5.41, 5.74) is 1.37. The highest BCUT2D eigenvalue weighted by molar-refractivity contribution is 6.07. The van der Waals surface area contributed by atoms with Crippen LogP contribution in [-0.4, -0.2) is 22.9 Å². The Bertz CT molecular complexity index is 914. The summed E-state index contributed by atoms with van der Waals surface area (Å²) in [5.74, 6) is -1.92. The van der Waals surface area contributed by atoms with E-state index in [9.17, 15) is 19.5 Å². The maximum atomic E-state index is 12.3. The summed E-state index contributed by atoms with van der Waals surface area (Å²) in [5, 5.41) is 14.6. The lowest BCUT2D eigenvalue weighted by Crippen LogP contribution is -2.15. The summed E-state index contributed by atoms with van der Waals surface area (Å²) in [4.78, 5) is 36.0. The minimum Gasteiger partial charge on any atom is -0.478 e. The molecule has 3 aromatic carbocycles. The van der Waals surface area contributed by atoms with Gasteiger partial charge < -0.3 is 15.7 Å². The number of carboxylic acid groups (broad SMARTS) is 1. The Morgan fingerprint density at radius 2 is 1.00 bits per heavy atom. The zero-order valence-corrected chi connectivity index (χ0v) is 14.2. The number of amides is 2. The summed E-state index contributed by atoms with van der Waals surface area (Å²) in [7, 11) is 0. The molecular weight excluding hydrogens is 344 g/mol. The first-order valence-electron chi connectivity index (χ1n) is 8.14. The molecule has 134 valence electrons. The summed E-state index contributed by atoms with van der Waals surface area (Å²) < 4.78 is 0. The van der Waals surface area contributed by atoms with Crippen LogP contribution in [-0.2, 0) is 0 Å². The molecule has 0 saturated carbocycles. The van der Waals surface area contributed by atoms with E-state index in [2.05, 4.69) is 10.6 Å². The number of aromatic carboxylic acids is 1. The summed E-state index contributed by atoms with van der Waals surface area (Å²) >= 11 is 0. The minimum absolute atomic E-state index is 0.0516. The smallest absolute Gasteiger partial charge is 0.335 e. The van der Waals surface area contributed by atoms with Crippen LogP contribution >= 0.6 is 0 Å². The molecular formula is C21H16N2O4. The Morgan fingerprint density at radius 1 is 0.593 bits per heavy atom. The van der Waals surface area contributed by atoms with Gasteiger partial charge in [0.25, 0.3) is 11.8 Å². The third kappa shape index (κ3) is 4.58. The average Bonchev–Trinajstić information content (AvgIpc) is 2.69. The Labute approximate surface area is 155 Å². The van der Waals surface area contributed by atoms with E-state index in [1.54, 1.807) is 60.7 Å². The molecule has 6 heteroatoms. The van der Waals surface area contributed by atoms with Crippen LogP contribution in [0.4, 0.5) is 11.4 Å². The third-order valence-corrected chi connectivity index (χ3v) is 3.77. The second-order valence-electron chi connectivity index (χ2n) is 5.74. The first-order valence-corrected chi connectivity index (χ1v) is 8.14. The lowest BCUT2D eigenvalue weighted by molar-refractivity contribution is 0.0696. The lowest BCUT2D eigenvalue weighted by Gasteiger charge is -2.11. The maximum Gasteiger partial charge on any atom is 0.335 e. The number of hydrogen-bond acceptors (Lipinski definition) is 3. The summed E-state index contributed by atoms with van der Waals surface area (Å²) in [6, 6.07) is 21.3. The quantitative estimate of drug-likeness (QED) is 0.643. The highest BCUT2D eigenvalue weighted by Crippen LogP contribution is 2.21. The normalized spacial score (nSPS) is 10.1. The van der Waals surface area contributed by atoms with Gasteiger partial charge in [0, 0.05) is 22.5 Å². The van der Waals surface area contributed by atoms with Gasteiger partial charge in [-0.15, -0.1) is 0 Å². The largest absolute Gasteiger partial charge is 0.478 e. The molecule has 0 fully saturated rings. The summed E-state index contributed by atoms with van der Waals surface area (Å²) in [6.45, 7) is 0. The van der Waals surface area contributed by atoms with Crippen molar-refractivity contribution in [3.8, 4) is 0 Å². The van der Waals surface area contributed by atoms with Crippen LogP contribution in [0.5, 0.6) is 0 Å². The zero-order chi connectivity index (χ0) is 19.2. The van der Waals surface area contributed by atoms with Gasteiger partial charge in [-0.05, 0) is 42.5 Å². The molecule has 0 spiro atoms. The molecule has 0 bridgehead atoms. The van der Waals surface area contributed by atoms with E-state index in [0.29, 0.717) is 11.1 Å². The molecule has 0 aliphatic carbocycles. The molecule has 27 heavy (non-hydrogen) atoms. The van der Waals surface area contributed by atoms with E-state index < -0.39 is 5.97 Å². The van der Waals surface area contributed by atoms with Gasteiger partial charge in [0.1, 0.15) is 0 Å². The van der Waals surface area contributed by atoms with Gasteiger partial charge in [-0.2, -0.15) is 0 Å². The molecule has 0 atom stereocenters. The molecule has 6 nitrogen and oxygen atoms in total. The van der Waals surface area contributed by atoms with Crippen molar-refractivity contribution in [2.75, 3.05) is 10.6 Å². The van der Waals surface area contributed by atoms with E-state index in [-0.39, 0.29) is 28.8 Å². The lowest BCUT2D eigenvalue weighted by atomic mass is 10.1. The van der Waals surface area contributed by atoms with Crippen LogP contribution in [0.15, 0.2) is 78.9 Å². The highest BCUT2D eigenvalue weighted by atomic mass is 16.4. The molecule has 3 N–H and O–H groups in total. The molecule has 0 radical (unpaired) electrons. The van der Waals surface area contributed by atoms with Crippen LogP contribution in [0.1, 0.15) is 31.1 Å². The van der Waals surface area contributed by atoms with Crippen molar-refractivity contribution < 1.29 is 19.5 Å². The van der Waals surface area contributed by atoms with E-state index in [0.717, 1.165) is 0 Å². The fourth-order valence-corrected chi connectivity index (χ4v) is 2.48. The van der Waals surface area contributed by atoms with Gasteiger partial charge in [-0.1, -0.05) is 36.4 Å². The van der Waals surface area contributed by atoms with Gasteiger partial charge in [0.2, 0.25) is 0 Å². The predicted octanol–water partition coefficient (Wildman–Crippen LogP) is 3.89. The summed E-state index contributed by atoms with van der Waals surface area (Å²) in [6.07, 6.45) is 0. The molecule has 2 amide bonds. The number of carbonyl (C=O) groups is 3. The number of carbonyl (C=O) groups excluding carboxylic acids is 2. The van der Waals surface area contributed by atoms with Crippen LogP contribution in [0, 0.1) is 0 Å². The van der Waals surface area contributed by atoms with Crippen molar-refractivity contribution in [1.82, 2.24) is 0 Å². The van der Waals surface area contributed by atoms with Crippen molar-refractivity contribution in [2.45, 2.75) is 0 Å². The Balaban J connectivity index is 1.85. The number of benzene rings is 3. The molecule has 3 aromatic rings. The molecule has 0 aliphatic rings. The van der Waals surface area contributed by atoms with Gasteiger partial charge in [-0.3, -0.25) is 9.59 Å². The van der Waals surface area contributed by atoms with Gasteiger partial charge >= 0.3 is 5.97 Å². The van der Waals surface area contributed by atoms with Crippen LogP contribution in [0.3, 0.4) is 0 Å². The number of hydrogen-bond donors (Lipinski definition) is 3. The van der Waals surface area contributed by atoms with E-state index >= 15 is 0 Å². The fourth-order valence-electron chi connectivity index (χ4n) is 2.48. The number of carboxylic acids is 1. The average molecular weight is 360 g/mol. The SMILES string of the molecule is O=C(O)c1cc(NC(=O)c2ccccc2)cc(NC(=O)c2ccccc2)c1. The molecule has 0 saturated heterocycles. The van der Waals surface area contributed by atoms with E-state index in [4.69, 9.17) is 0 Å². The fraction of sp³-hybridized carbons (Fsp3) is 0. The highest BCUT2D eigenvalue weighted by Gasteiger charge is 2.13. The molecule has 0 unspecified atom stereocenters. The number of nitrogens with one attached hydrogen (secondary N) is 2. The molecule has 3 rings (SSSR count). The number of rotatable bonds is 5.